The second-order valence-corrected chi connectivity index (χ2v) is 9.54. The first-order valence-corrected chi connectivity index (χ1v) is 11.4. The number of hydrogen-bond acceptors (Lipinski definition) is 5. The third-order valence-corrected chi connectivity index (χ3v) is 6.55. The Balaban J connectivity index is 1.70. The number of rotatable bonds is 5. The smallest absolute Gasteiger partial charge is 0.338 e. The Morgan fingerprint density at radius 2 is 1.78 bits per heavy atom. The van der Waals surface area contributed by atoms with Gasteiger partial charge in [-0.25, -0.2) is 9.78 Å². The number of ether oxygens (including phenoxy) is 1. The highest BCUT2D eigenvalue weighted by Gasteiger charge is 2.17. The number of fused-ring (bicyclic) bond motifs is 1. The van der Waals surface area contributed by atoms with Gasteiger partial charge in [-0.1, -0.05) is 30.3 Å². The van der Waals surface area contributed by atoms with Gasteiger partial charge in [-0.05, 0) is 69.0 Å². The minimum Gasteiger partial charge on any atom is -0.459 e. The predicted octanol–water partition coefficient (Wildman–Crippen LogP) is 5.66. The monoisotopic (exact) mass is 446 g/mol. The molecule has 2 aromatic carbocycles. The number of hydrogen-bond donors (Lipinski definition) is 0. The second kappa shape index (κ2) is 8.71. The van der Waals surface area contributed by atoms with Crippen LogP contribution in [0, 0.1) is 20.8 Å². The van der Waals surface area contributed by atoms with E-state index in [2.05, 4.69) is 37.0 Å². The van der Waals surface area contributed by atoms with Gasteiger partial charge in [0.05, 0.1) is 29.9 Å². The van der Waals surface area contributed by atoms with E-state index in [1.807, 2.05) is 32.9 Å². The number of carbonyl (C=O) groups excluding carboxylic acids is 1. The van der Waals surface area contributed by atoms with E-state index in [0.717, 1.165) is 26.4 Å². The quantitative estimate of drug-likeness (QED) is 0.371. The van der Waals surface area contributed by atoms with E-state index < -0.39 is 0 Å². The zero-order chi connectivity index (χ0) is 23.0. The van der Waals surface area contributed by atoms with E-state index >= 15 is 0 Å². The van der Waals surface area contributed by atoms with Gasteiger partial charge in [-0.15, -0.1) is 11.3 Å². The lowest BCUT2D eigenvalue weighted by atomic mass is 9.99. The maximum absolute atomic E-state index is 13.4. The van der Waals surface area contributed by atoms with Crippen LogP contribution in [0.5, 0.6) is 0 Å². The molecule has 0 bridgehead atoms. The van der Waals surface area contributed by atoms with Crippen molar-refractivity contribution in [3.05, 3.63) is 86.3 Å². The minimum atomic E-state index is -0.349. The third-order valence-electron chi connectivity index (χ3n) is 5.54. The first-order chi connectivity index (χ1) is 15.2. The Labute approximate surface area is 191 Å². The van der Waals surface area contributed by atoms with E-state index in [1.165, 1.54) is 11.1 Å². The maximum Gasteiger partial charge on any atom is 0.338 e. The lowest BCUT2D eigenvalue weighted by Gasteiger charge is -2.10. The number of aryl methyl sites for hydroxylation is 3. The molecule has 4 rings (SSSR count). The van der Waals surface area contributed by atoms with Crippen LogP contribution in [0.1, 0.15) is 45.8 Å². The van der Waals surface area contributed by atoms with Crippen LogP contribution in [0.3, 0.4) is 0 Å². The van der Waals surface area contributed by atoms with Crippen LogP contribution in [0.15, 0.2) is 53.6 Å². The Hall–Kier alpha value is -3.25. The molecule has 0 N–H and O–H groups in total. The molecule has 2 heterocycles. The molecular weight excluding hydrogens is 420 g/mol. The number of carbonyl (C=O) groups is 1. The summed E-state index contributed by atoms with van der Waals surface area (Å²) in [5.74, 6) is -0.349. The van der Waals surface area contributed by atoms with Gasteiger partial charge in [-0.2, -0.15) is 0 Å². The molecule has 6 heteroatoms. The standard InChI is InChI=1S/C26H26N2O3S/c1-15(2)31-26(30)20-10-7-19(8-11-20)13-28-14-27-24-23(25(28)29)22(18(5)32-24)21-9-6-16(3)17(4)12-21/h6-12,14-15H,13H2,1-5H3. The Morgan fingerprint density at radius 1 is 1.06 bits per heavy atom. The van der Waals surface area contributed by atoms with E-state index in [0.29, 0.717) is 17.5 Å². The summed E-state index contributed by atoms with van der Waals surface area (Å²) in [7, 11) is 0. The molecule has 0 atom stereocenters. The average Bonchev–Trinajstić information content (AvgIpc) is 3.09. The number of aromatic nitrogens is 2. The van der Waals surface area contributed by atoms with Crippen molar-refractivity contribution in [3.63, 3.8) is 0 Å². The van der Waals surface area contributed by atoms with Crippen LogP contribution in [0.25, 0.3) is 21.3 Å². The molecule has 0 aliphatic rings. The van der Waals surface area contributed by atoms with Gasteiger partial charge in [0.2, 0.25) is 0 Å². The highest BCUT2D eigenvalue weighted by molar-refractivity contribution is 7.19. The van der Waals surface area contributed by atoms with Gasteiger partial charge >= 0.3 is 5.97 Å². The fourth-order valence-corrected chi connectivity index (χ4v) is 4.72. The van der Waals surface area contributed by atoms with Gasteiger partial charge in [0.1, 0.15) is 4.83 Å². The van der Waals surface area contributed by atoms with Crippen molar-refractivity contribution in [2.75, 3.05) is 0 Å². The van der Waals surface area contributed by atoms with Gasteiger partial charge in [0.25, 0.3) is 5.56 Å². The fraction of sp³-hybridized carbons (Fsp3) is 0.269. The molecule has 32 heavy (non-hydrogen) atoms. The van der Waals surface area contributed by atoms with Gasteiger partial charge in [0, 0.05) is 10.4 Å². The molecule has 5 nitrogen and oxygen atoms in total. The van der Waals surface area contributed by atoms with Crippen molar-refractivity contribution < 1.29 is 9.53 Å². The van der Waals surface area contributed by atoms with Crippen LogP contribution in [0.2, 0.25) is 0 Å². The lowest BCUT2D eigenvalue weighted by Crippen LogP contribution is -2.21. The molecule has 0 unspecified atom stereocenters. The molecule has 0 saturated heterocycles. The Bertz CT molecular complexity index is 1360. The summed E-state index contributed by atoms with van der Waals surface area (Å²) in [5.41, 5.74) is 5.77. The van der Waals surface area contributed by atoms with E-state index in [1.54, 1.807) is 34.4 Å². The molecule has 164 valence electrons. The minimum absolute atomic E-state index is 0.0594. The first kappa shape index (κ1) is 22.0. The number of esters is 1. The van der Waals surface area contributed by atoms with Crippen LogP contribution >= 0.6 is 11.3 Å². The Morgan fingerprint density at radius 3 is 2.44 bits per heavy atom. The molecule has 0 fully saturated rings. The molecule has 4 aromatic rings. The van der Waals surface area contributed by atoms with Crippen molar-refractivity contribution in [2.45, 2.75) is 47.3 Å². The molecule has 2 aromatic heterocycles. The summed E-state index contributed by atoms with van der Waals surface area (Å²) < 4.78 is 6.86. The van der Waals surface area contributed by atoms with E-state index in [-0.39, 0.29) is 17.6 Å². The zero-order valence-corrected chi connectivity index (χ0v) is 19.7. The molecule has 0 radical (unpaired) electrons. The number of nitrogens with zero attached hydrogens (tertiary/aromatic N) is 2. The summed E-state index contributed by atoms with van der Waals surface area (Å²) in [4.78, 5) is 31.9. The molecule has 0 aliphatic heterocycles. The fourth-order valence-electron chi connectivity index (χ4n) is 3.72. The molecular formula is C26H26N2O3S. The van der Waals surface area contributed by atoms with Crippen molar-refractivity contribution in [1.29, 1.82) is 0 Å². The topological polar surface area (TPSA) is 61.2 Å². The van der Waals surface area contributed by atoms with Crippen molar-refractivity contribution in [1.82, 2.24) is 9.55 Å². The summed E-state index contributed by atoms with van der Waals surface area (Å²) in [6, 6.07) is 13.4. The van der Waals surface area contributed by atoms with Gasteiger partial charge < -0.3 is 4.74 Å². The average molecular weight is 447 g/mol. The lowest BCUT2D eigenvalue weighted by molar-refractivity contribution is 0.0378. The van der Waals surface area contributed by atoms with Crippen molar-refractivity contribution in [3.8, 4) is 11.1 Å². The summed E-state index contributed by atoms with van der Waals surface area (Å²) in [5, 5.41) is 0.662. The molecule has 0 aliphatic carbocycles. The van der Waals surface area contributed by atoms with Crippen molar-refractivity contribution >= 4 is 27.5 Å². The highest BCUT2D eigenvalue weighted by atomic mass is 32.1. The van der Waals surface area contributed by atoms with Crippen molar-refractivity contribution in [2.24, 2.45) is 0 Å². The molecule has 0 spiro atoms. The third kappa shape index (κ3) is 4.23. The van der Waals surface area contributed by atoms with Crippen LogP contribution in [-0.4, -0.2) is 21.6 Å². The van der Waals surface area contributed by atoms with E-state index in [9.17, 15) is 9.59 Å². The SMILES string of the molecule is Cc1ccc(-c2c(C)sc3ncn(Cc4ccc(C(=O)OC(C)C)cc4)c(=O)c23)cc1C. The largest absolute Gasteiger partial charge is 0.459 e. The number of thiophene rings is 1. The highest BCUT2D eigenvalue weighted by Crippen LogP contribution is 2.36. The first-order valence-electron chi connectivity index (χ1n) is 10.6. The molecule has 0 amide bonds. The summed E-state index contributed by atoms with van der Waals surface area (Å²) in [6.07, 6.45) is 1.44. The van der Waals surface area contributed by atoms with E-state index in [4.69, 9.17) is 4.74 Å². The Kier molecular flexibility index (Phi) is 5.98. The summed E-state index contributed by atoms with van der Waals surface area (Å²) in [6.45, 7) is 10.2. The number of benzene rings is 2. The normalized spacial score (nSPS) is 11.3. The second-order valence-electron chi connectivity index (χ2n) is 8.34. The van der Waals surface area contributed by atoms with Crippen LogP contribution < -0.4 is 5.56 Å². The van der Waals surface area contributed by atoms with Crippen LogP contribution in [-0.2, 0) is 11.3 Å². The molecule has 0 saturated carbocycles. The van der Waals surface area contributed by atoms with Crippen LogP contribution in [0.4, 0.5) is 0 Å². The summed E-state index contributed by atoms with van der Waals surface area (Å²) >= 11 is 1.55. The maximum atomic E-state index is 13.4. The predicted molar refractivity (Wildman–Crippen MR) is 130 cm³/mol. The van der Waals surface area contributed by atoms with Gasteiger partial charge in [-0.3, -0.25) is 9.36 Å². The van der Waals surface area contributed by atoms with Gasteiger partial charge in [0.15, 0.2) is 0 Å². The zero-order valence-electron chi connectivity index (χ0n) is 18.9.